The highest BCUT2D eigenvalue weighted by Crippen LogP contribution is 2.27. The van der Waals surface area contributed by atoms with Gasteiger partial charge in [-0.1, -0.05) is 17.7 Å². The zero-order chi connectivity index (χ0) is 15.0. The Morgan fingerprint density at radius 2 is 2.10 bits per heavy atom. The number of rotatable bonds is 2. The molecule has 106 valence electrons. The van der Waals surface area contributed by atoms with Crippen molar-refractivity contribution in [2.45, 2.75) is 13.8 Å². The monoisotopic (exact) mass is 299 g/mol. The Kier molecular flexibility index (Phi) is 3.39. The molecule has 0 radical (unpaired) electrons. The van der Waals surface area contributed by atoms with E-state index in [9.17, 15) is 4.79 Å². The second-order valence-corrected chi connectivity index (χ2v) is 5.41. The smallest absolute Gasteiger partial charge is 0.257 e. The summed E-state index contributed by atoms with van der Waals surface area (Å²) in [4.78, 5) is 16.5. The fourth-order valence-electron chi connectivity index (χ4n) is 2.31. The molecule has 0 fully saturated rings. The number of aromatic nitrogens is 2. The molecule has 0 aliphatic rings. The maximum atomic E-state index is 12.4. The molecule has 0 bridgehead atoms. The molecule has 0 saturated carbocycles. The fourth-order valence-corrected chi connectivity index (χ4v) is 2.68. The van der Waals surface area contributed by atoms with Crippen molar-refractivity contribution < 1.29 is 4.79 Å². The van der Waals surface area contributed by atoms with Gasteiger partial charge in [-0.15, -0.1) is 0 Å². The summed E-state index contributed by atoms with van der Waals surface area (Å²) >= 11 is 6.21. The van der Waals surface area contributed by atoms with Crippen LogP contribution < -0.4 is 5.32 Å². The van der Waals surface area contributed by atoms with E-state index in [0.29, 0.717) is 16.3 Å². The van der Waals surface area contributed by atoms with Crippen LogP contribution in [0.15, 0.2) is 42.9 Å². The number of nitrogens with one attached hydrogen (secondary N) is 1. The maximum Gasteiger partial charge on any atom is 0.257 e. The number of halogens is 1. The van der Waals surface area contributed by atoms with Gasteiger partial charge in [0, 0.05) is 18.6 Å². The average molecular weight is 300 g/mol. The van der Waals surface area contributed by atoms with E-state index in [2.05, 4.69) is 10.3 Å². The van der Waals surface area contributed by atoms with Gasteiger partial charge in [-0.25, -0.2) is 4.98 Å². The third-order valence-corrected chi connectivity index (χ3v) is 3.62. The van der Waals surface area contributed by atoms with Gasteiger partial charge in [0.1, 0.15) is 5.65 Å². The van der Waals surface area contributed by atoms with Crippen LogP contribution in [0.25, 0.3) is 5.65 Å². The Bertz CT molecular complexity index is 815. The van der Waals surface area contributed by atoms with Crippen LogP contribution in [0, 0.1) is 13.8 Å². The Morgan fingerprint density at radius 3 is 2.86 bits per heavy atom. The standard InChI is InChI=1S/C16H14ClN3O/c1-10-7-11(2)15(13(17)8-10)19-16(21)12-3-4-14-18-5-6-20(14)9-12/h3-9H,1-2H3,(H,19,21). The van der Waals surface area contributed by atoms with Crippen molar-refractivity contribution in [1.82, 2.24) is 9.38 Å². The number of amides is 1. The Balaban J connectivity index is 1.92. The Labute approximate surface area is 127 Å². The lowest BCUT2D eigenvalue weighted by Gasteiger charge is -2.11. The second-order valence-electron chi connectivity index (χ2n) is 5.00. The van der Waals surface area contributed by atoms with Crippen molar-refractivity contribution in [1.29, 1.82) is 0 Å². The SMILES string of the molecule is Cc1cc(C)c(NC(=O)c2ccc3nccn3c2)c(Cl)c1. The molecule has 0 aliphatic carbocycles. The first-order chi connectivity index (χ1) is 10.0. The lowest BCUT2D eigenvalue weighted by molar-refractivity contribution is 0.102. The highest BCUT2D eigenvalue weighted by Gasteiger charge is 2.12. The van der Waals surface area contributed by atoms with Crippen LogP contribution in [0.1, 0.15) is 21.5 Å². The molecule has 1 aromatic carbocycles. The van der Waals surface area contributed by atoms with E-state index in [1.54, 1.807) is 35.1 Å². The molecule has 2 heterocycles. The maximum absolute atomic E-state index is 12.4. The normalized spacial score (nSPS) is 10.8. The molecule has 4 nitrogen and oxygen atoms in total. The van der Waals surface area contributed by atoms with Crippen LogP contribution in [0.5, 0.6) is 0 Å². The first-order valence-corrected chi connectivity index (χ1v) is 6.93. The zero-order valence-corrected chi connectivity index (χ0v) is 12.5. The molecular formula is C16H14ClN3O. The molecule has 2 aromatic heterocycles. The summed E-state index contributed by atoms with van der Waals surface area (Å²) < 4.78 is 1.80. The first kappa shape index (κ1) is 13.6. The van der Waals surface area contributed by atoms with Gasteiger partial charge in [0.15, 0.2) is 0 Å². The highest BCUT2D eigenvalue weighted by molar-refractivity contribution is 6.34. The first-order valence-electron chi connectivity index (χ1n) is 6.55. The number of fused-ring (bicyclic) bond motifs is 1. The minimum absolute atomic E-state index is 0.195. The van der Waals surface area contributed by atoms with E-state index in [-0.39, 0.29) is 5.91 Å². The van der Waals surface area contributed by atoms with E-state index in [0.717, 1.165) is 16.8 Å². The lowest BCUT2D eigenvalue weighted by Crippen LogP contribution is -2.14. The van der Waals surface area contributed by atoms with Crippen LogP contribution >= 0.6 is 11.6 Å². The zero-order valence-electron chi connectivity index (χ0n) is 11.7. The summed E-state index contributed by atoms with van der Waals surface area (Å²) in [6.07, 6.45) is 5.24. The van der Waals surface area contributed by atoms with E-state index >= 15 is 0 Å². The largest absolute Gasteiger partial charge is 0.320 e. The van der Waals surface area contributed by atoms with Gasteiger partial charge in [-0.3, -0.25) is 4.79 Å². The van der Waals surface area contributed by atoms with Crippen molar-refractivity contribution in [3.8, 4) is 0 Å². The second kappa shape index (κ2) is 5.22. The average Bonchev–Trinajstić information content (AvgIpc) is 2.89. The number of pyridine rings is 1. The number of imidazole rings is 1. The van der Waals surface area contributed by atoms with Crippen molar-refractivity contribution >= 4 is 28.8 Å². The number of anilines is 1. The molecule has 0 aliphatic heterocycles. The number of benzene rings is 1. The summed E-state index contributed by atoms with van der Waals surface area (Å²) in [5.74, 6) is -0.195. The van der Waals surface area contributed by atoms with Crippen molar-refractivity contribution in [2.75, 3.05) is 5.32 Å². The topological polar surface area (TPSA) is 46.4 Å². The predicted molar refractivity (Wildman–Crippen MR) is 84.1 cm³/mol. The van der Waals surface area contributed by atoms with Gasteiger partial charge < -0.3 is 9.72 Å². The molecule has 1 amide bonds. The Morgan fingerprint density at radius 1 is 1.29 bits per heavy atom. The third-order valence-electron chi connectivity index (χ3n) is 3.32. The highest BCUT2D eigenvalue weighted by atomic mass is 35.5. The van der Waals surface area contributed by atoms with E-state index in [1.807, 2.05) is 26.0 Å². The number of carbonyl (C=O) groups is 1. The molecule has 5 heteroatoms. The van der Waals surface area contributed by atoms with Crippen LogP contribution in [-0.4, -0.2) is 15.3 Å². The van der Waals surface area contributed by atoms with Gasteiger partial charge >= 0.3 is 0 Å². The molecule has 3 rings (SSSR count). The fraction of sp³-hybridized carbons (Fsp3) is 0.125. The third kappa shape index (κ3) is 2.62. The summed E-state index contributed by atoms with van der Waals surface area (Å²) in [6.45, 7) is 3.89. The number of nitrogens with zero attached hydrogens (tertiary/aromatic N) is 2. The molecule has 0 atom stereocenters. The molecule has 21 heavy (non-hydrogen) atoms. The minimum Gasteiger partial charge on any atom is -0.320 e. The molecular weight excluding hydrogens is 286 g/mol. The van der Waals surface area contributed by atoms with Crippen LogP contribution in [0.3, 0.4) is 0 Å². The summed E-state index contributed by atoms with van der Waals surface area (Å²) in [5.41, 5.74) is 4.01. The number of aryl methyl sites for hydroxylation is 2. The minimum atomic E-state index is -0.195. The van der Waals surface area contributed by atoms with Gasteiger partial charge in [-0.05, 0) is 43.2 Å². The van der Waals surface area contributed by atoms with E-state index in [4.69, 9.17) is 11.6 Å². The summed E-state index contributed by atoms with van der Waals surface area (Å²) in [7, 11) is 0. The number of hydrogen-bond acceptors (Lipinski definition) is 2. The van der Waals surface area contributed by atoms with Gasteiger partial charge in [0.05, 0.1) is 16.3 Å². The van der Waals surface area contributed by atoms with E-state index in [1.165, 1.54) is 0 Å². The lowest BCUT2D eigenvalue weighted by atomic mass is 10.1. The summed E-state index contributed by atoms with van der Waals surface area (Å²) in [5, 5.41) is 3.42. The molecule has 0 spiro atoms. The quantitative estimate of drug-likeness (QED) is 0.781. The molecule has 1 N–H and O–H groups in total. The van der Waals surface area contributed by atoms with Crippen molar-refractivity contribution in [3.63, 3.8) is 0 Å². The van der Waals surface area contributed by atoms with E-state index < -0.39 is 0 Å². The predicted octanol–water partition coefficient (Wildman–Crippen LogP) is 3.86. The van der Waals surface area contributed by atoms with Crippen LogP contribution in [-0.2, 0) is 0 Å². The molecule has 0 unspecified atom stereocenters. The Hall–Kier alpha value is -2.33. The van der Waals surface area contributed by atoms with Crippen molar-refractivity contribution in [2.24, 2.45) is 0 Å². The summed E-state index contributed by atoms with van der Waals surface area (Å²) in [6, 6.07) is 7.37. The molecule has 0 saturated heterocycles. The van der Waals surface area contributed by atoms with Crippen LogP contribution in [0.2, 0.25) is 5.02 Å². The van der Waals surface area contributed by atoms with Gasteiger partial charge in [0.25, 0.3) is 5.91 Å². The van der Waals surface area contributed by atoms with Gasteiger partial charge in [-0.2, -0.15) is 0 Å². The number of hydrogen-bond donors (Lipinski definition) is 1. The van der Waals surface area contributed by atoms with Crippen LogP contribution in [0.4, 0.5) is 5.69 Å². The number of carbonyl (C=O) groups excluding carboxylic acids is 1. The molecule has 3 aromatic rings. The van der Waals surface area contributed by atoms with Gasteiger partial charge in [0.2, 0.25) is 0 Å². The van der Waals surface area contributed by atoms with Crippen molar-refractivity contribution in [3.05, 3.63) is 64.6 Å².